The zero-order valence-electron chi connectivity index (χ0n) is 79.4. The number of hydrogen-bond donors (Lipinski definition) is 24. The van der Waals surface area contributed by atoms with Crippen molar-refractivity contribution < 1.29 is 193 Å². The van der Waals surface area contributed by atoms with Crippen LogP contribution in [0.2, 0.25) is 0 Å². The minimum absolute atomic E-state index is 0.0989. The number of amides is 3. The SMILES string of the molecule is CCCCCCCCCCCCCC=CC(O)C(COC1OC(CO)C(OC2OC(CO)C(OC3OC(CO)C(O)C(OC4OC(CO)C(O)C(OC5(C(=O)O)CC(O)C(NC(C)=O)C(C(O)C(O)CO)O5)C4O)C3CC(C)=O)C(OC3(C(=O)O)CC(O)C(NC(C)=O)C(C(O)C(O)CO)O3)C2O)C(O)C1O)NC(=O)CCCCCCCCCCCCCCCCCCCCCCCCC. The van der Waals surface area contributed by atoms with Crippen molar-refractivity contribution in [3.8, 4) is 0 Å². The van der Waals surface area contributed by atoms with Crippen molar-refractivity contribution in [2.45, 2.75) is 486 Å². The molecule has 135 heavy (non-hydrogen) atoms. The van der Waals surface area contributed by atoms with E-state index in [1.165, 1.54) is 154 Å². The Kier molecular flexibility index (Phi) is 55.5. The van der Waals surface area contributed by atoms with E-state index in [2.05, 4.69) is 29.8 Å². The van der Waals surface area contributed by atoms with Gasteiger partial charge < -0.3 is 185 Å². The number of carboxylic acid groups (broad SMARTS) is 2. The first kappa shape index (κ1) is 119. The number of aliphatic carboxylic acids is 2. The molecule has 0 aromatic rings. The van der Waals surface area contributed by atoms with Crippen LogP contribution in [0.1, 0.15) is 285 Å². The highest BCUT2D eigenvalue weighted by Gasteiger charge is 2.64. The fourth-order valence-corrected chi connectivity index (χ4v) is 18.6. The van der Waals surface area contributed by atoms with Crippen molar-refractivity contribution in [3.05, 3.63) is 12.2 Å². The lowest BCUT2D eigenvalue weighted by atomic mass is 9.86. The van der Waals surface area contributed by atoms with Crippen molar-refractivity contribution in [1.82, 2.24) is 16.0 Å². The summed E-state index contributed by atoms with van der Waals surface area (Å²) < 4.78 is 72.9. The molecule has 6 aliphatic heterocycles. The zero-order chi connectivity index (χ0) is 99.5. The fraction of sp³-hybridized carbons (Fsp3) is 0.914. The van der Waals surface area contributed by atoms with Gasteiger partial charge in [-0.3, -0.25) is 14.4 Å². The van der Waals surface area contributed by atoms with Crippen LogP contribution in [-0.2, 0) is 85.6 Å². The van der Waals surface area contributed by atoms with E-state index in [1.54, 1.807) is 6.08 Å². The summed E-state index contributed by atoms with van der Waals surface area (Å²) in [6.45, 7) is -0.578. The second-order valence-electron chi connectivity index (χ2n) is 37.4. The van der Waals surface area contributed by atoms with Crippen molar-refractivity contribution in [3.63, 3.8) is 0 Å². The second-order valence-corrected chi connectivity index (χ2v) is 37.4. The minimum Gasteiger partial charge on any atom is -0.477 e. The van der Waals surface area contributed by atoms with E-state index in [0.717, 1.165) is 85.0 Å². The fourth-order valence-electron chi connectivity index (χ4n) is 18.6. The number of aliphatic hydroxyl groups is 19. The van der Waals surface area contributed by atoms with Crippen LogP contribution in [0, 0.1) is 5.92 Å². The lowest BCUT2D eigenvalue weighted by Gasteiger charge is -2.53. The number of ketones is 1. The van der Waals surface area contributed by atoms with Gasteiger partial charge in [0.05, 0.1) is 88.8 Å². The number of nitrogens with one attached hydrogen (secondary N) is 3. The van der Waals surface area contributed by atoms with Gasteiger partial charge in [0.25, 0.3) is 11.6 Å². The van der Waals surface area contributed by atoms with Gasteiger partial charge in [0.15, 0.2) is 25.2 Å². The van der Waals surface area contributed by atoms with Gasteiger partial charge in [-0.2, -0.15) is 0 Å². The Labute approximate surface area is 791 Å². The number of Topliss-reactive ketones (excluding diaryl/α,β-unsaturated/α-hetero) is 1. The monoisotopic (exact) mass is 1950 g/mol. The van der Waals surface area contributed by atoms with E-state index >= 15 is 0 Å². The first-order valence-electron chi connectivity index (χ1n) is 49.4. The van der Waals surface area contributed by atoms with Crippen molar-refractivity contribution >= 4 is 35.4 Å². The summed E-state index contributed by atoms with van der Waals surface area (Å²) in [5.74, 6) is -16.1. The van der Waals surface area contributed by atoms with Crippen LogP contribution >= 0.6 is 0 Å². The maximum atomic E-state index is 14.1. The molecule has 0 radical (unpaired) electrons. The maximum absolute atomic E-state index is 14.1. The molecule has 0 aliphatic carbocycles. The Hall–Kier alpha value is -4.48. The summed E-state index contributed by atoms with van der Waals surface area (Å²) in [7, 11) is 0. The van der Waals surface area contributed by atoms with Gasteiger partial charge >= 0.3 is 11.9 Å². The third-order valence-corrected chi connectivity index (χ3v) is 26.4. The largest absolute Gasteiger partial charge is 0.477 e. The molecule has 6 saturated heterocycles. The third kappa shape index (κ3) is 37.0. The molecule has 0 spiro atoms. The number of unbranched alkanes of at least 4 members (excludes halogenated alkanes) is 33. The summed E-state index contributed by atoms with van der Waals surface area (Å²) in [6.07, 6.45) is -21.3. The molecule has 42 heteroatoms. The number of carboxylic acids is 2. The van der Waals surface area contributed by atoms with Gasteiger partial charge in [0, 0.05) is 45.4 Å². The average molecular weight is 1950 g/mol. The van der Waals surface area contributed by atoms with Crippen LogP contribution in [0.4, 0.5) is 0 Å². The van der Waals surface area contributed by atoms with Gasteiger partial charge in [0.2, 0.25) is 17.7 Å². The van der Waals surface area contributed by atoms with E-state index in [-0.39, 0.29) is 6.42 Å². The summed E-state index contributed by atoms with van der Waals surface area (Å²) in [5, 5.41) is 246. The van der Waals surface area contributed by atoms with Gasteiger partial charge in [-0.1, -0.05) is 231 Å². The summed E-state index contributed by atoms with van der Waals surface area (Å²) in [5.41, 5.74) is 0. The van der Waals surface area contributed by atoms with E-state index in [4.69, 9.17) is 56.8 Å². The minimum atomic E-state index is -3.49. The number of carbonyl (C=O) groups excluding carboxylic acids is 4. The standard InChI is InChI=1S/C93H165N3O39/c1-6-8-10-12-14-16-18-20-21-22-23-24-25-26-27-28-29-31-33-35-37-39-41-43-68(111)96-58(59(106)42-40-38-36-34-32-30-19-17-15-13-11-9-7-2)53-124-87-76(117)75(116)80(66(51-101)127-87)130-89-78(119)85(135-93(91(122)123)46-61(108)70(95-56(5)105)83(133-93)72(113)63(110)48-98)81(67(52-102)128-89)131-86-57(44-54(3)103)79(73(114)64(49-99)125-86)129-88-77(118)84(74(115)65(50-100)126-88)134-92(90(120)121)45-60(107)69(94-55(4)104)82(132-92)71(112)62(109)47-97/h40,42,57-67,69-89,97-102,106-110,112-119H,6-39,41,43-53H2,1-5H3,(H,94,104)(H,95,105)(H,96,111)(H,120,121)(H,122,123). The molecule has 0 saturated carbocycles. The lowest BCUT2D eigenvalue weighted by molar-refractivity contribution is -0.408. The highest BCUT2D eigenvalue weighted by Crippen LogP contribution is 2.45. The first-order chi connectivity index (χ1) is 64.6. The molecule has 34 unspecified atom stereocenters. The molecule has 786 valence electrons. The van der Waals surface area contributed by atoms with Crippen molar-refractivity contribution in [2.75, 3.05) is 46.2 Å². The molecule has 6 aliphatic rings. The summed E-state index contributed by atoms with van der Waals surface area (Å²) in [6, 6.07) is -4.77. The second kappa shape index (κ2) is 62.8. The maximum Gasteiger partial charge on any atom is 0.364 e. The molecule has 0 aromatic heterocycles. The molecule has 24 N–H and O–H groups in total. The summed E-state index contributed by atoms with van der Waals surface area (Å²) in [4.78, 5) is 79.9. The number of allylic oxidation sites excluding steroid dienone is 1. The molecule has 6 fully saturated rings. The molecule has 3 amide bonds. The molecule has 6 rings (SSSR count). The number of ether oxygens (including phenoxy) is 12. The smallest absolute Gasteiger partial charge is 0.364 e. The first-order valence-corrected chi connectivity index (χ1v) is 49.4. The van der Waals surface area contributed by atoms with Crippen LogP contribution < -0.4 is 16.0 Å². The Bertz CT molecular complexity index is 3350. The van der Waals surface area contributed by atoms with Crippen LogP contribution in [-0.4, -0.2) is 390 Å². The highest BCUT2D eigenvalue weighted by atomic mass is 16.8. The van der Waals surface area contributed by atoms with Gasteiger partial charge in [0.1, 0.15) is 128 Å². The van der Waals surface area contributed by atoms with Gasteiger partial charge in [-0.05, 0) is 26.2 Å². The molecule has 6 heterocycles. The van der Waals surface area contributed by atoms with Crippen LogP contribution in [0.15, 0.2) is 12.2 Å². The van der Waals surface area contributed by atoms with Gasteiger partial charge in [-0.25, -0.2) is 9.59 Å². The quantitative estimate of drug-likeness (QED) is 0.0288. The van der Waals surface area contributed by atoms with E-state index < -0.39 is 308 Å². The number of rotatable bonds is 68. The highest BCUT2D eigenvalue weighted by molar-refractivity contribution is 5.78. The Balaban J connectivity index is 1.24. The summed E-state index contributed by atoms with van der Waals surface area (Å²) >= 11 is 0. The predicted molar refractivity (Wildman–Crippen MR) is 478 cm³/mol. The van der Waals surface area contributed by atoms with Crippen molar-refractivity contribution in [1.29, 1.82) is 0 Å². The molecule has 34 atom stereocenters. The Morgan fingerprint density at radius 2 is 0.763 bits per heavy atom. The zero-order valence-corrected chi connectivity index (χ0v) is 79.4. The Morgan fingerprint density at radius 3 is 1.16 bits per heavy atom. The normalized spacial score (nSPS) is 33.8. The van der Waals surface area contributed by atoms with Crippen molar-refractivity contribution in [2.24, 2.45) is 5.92 Å². The number of carbonyl (C=O) groups is 6. The molecule has 42 nitrogen and oxygen atoms in total. The third-order valence-electron chi connectivity index (χ3n) is 26.4. The average Bonchev–Trinajstić information content (AvgIpc) is 0.746. The molecule has 0 aromatic carbocycles. The topological polar surface area (TPSA) is 674 Å². The predicted octanol–water partition coefficient (Wildman–Crippen LogP) is 0.343. The molecule has 0 bridgehead atoms. The number of hydrogen-bond acceptors (Lipinski definition) is 37. The van der Waals surface area contributed by atoms with E-state index in [0.29, 0.717) is 12.8 Å². The van der Waals surface area contributed by atoms with Crippen LogP contribution in [0.25, 0.3) is 0 Å². The van der Waals surface area contributed by atoms with Crippen LogP contribution in [0.5, 0.6) is 0 Å². The van der Waals surface area contributed by atoms with E-state index in [1.807, 2.05) is 0 Å². The molecular formula is C93H165N3O39. The van der Waals surface area contributed by atoms with E-state index in [9.17, 15) is 136 Å². The lowest BCUT2D eigenvalue weighted by Crippen LogP contribution is -2.71. The Morgan fingerprint density at radius 1 is 0.407 bits per heavy atom. The van der Waals surface area contributed by atoms with Crippen LogP contribution in [0.3, 0.4) is 0 Å². The van der Waals surface area contributed by atoms with Gasteiger partial charge in [-0.15, -0.1) is 0 Å². The molecular weight excluding hydrogens is 1780 g/mol. The number of aliphatic hydroxyl groups excluding tert-OH is 19.